The third kappa shape index (κ3) is 7.25. The summed E-state index contributed by atoms with van der Waals surface area (Å²) in [5.41, 5.74) is 1.54. The highest BCUT2D eigenvalue weighted by Gasteiger charge is 2.44. The lowest BCUT2D eigenvalue weighted by Crippen LogP contribution is -2.54. The number of benzene rings is 2. The van der Waals surface area contributed by atoms with E-state index < -0.39 is 42.2 Å². The zero-order valence-electron chi connectivity index (χ0n) is 21.4. The van der Waals surface area contributed by atoms with Crippen LogP contribution in [0.3, 0.4) is 0 Å². The topological polar surface area (TPSA) is 108 Å². The van der Waals surface area contributed by atoms with Gasteiger partial charge >= 0.3 is 6.09 Å². The highest BCUT2D eigenvalue weighted by molar-refractivity contribution is 6.34. The van der Waals surface area contributed by atoms with E-state index in [4.69, 9.17) is 22.8 Å². The summed E-state index contributed by atoms with van der Waals surface area (Å²) >= 11 is 6.35. The second-order valence-corrected chi connectivity index (χ2v) is 10.4. The van der Waals surface area contributed by atoms with E-state index in [9.17, 15) is 19.5 Å². The van der Waals surface area contributed by atoms with Gasteiger partial charge in [-0.2, -0.15) is 0 Å². The number of hydrogen-bond acceptors (Lipinski definition) is 5. The number of amides is 3. The molecule has 1 fully saturated rings. The Bertz CT molecular complexity index is 1180. The van der Waals surface area contributed by atoms with Crippen LogP contribution in [0.2, 0.25) is 5.02 Å². The van der Waals surface area contributed by atoms with E-state index in [0.717, 1.165) is 5.56 Å². The predicted molar refractivity (Wildman–Crippen MR) is 142 cm³/mol. The summed E-state index contributed by atoms with van der Waals surface area (Å²) in [6.07, 6.45) is 6.00. The fourth-order valence-corrected chi connectivity index (χ4v) is 4.14. The van der Waals surface area contributed by atoms with Crippen molar-refractivity contribution in [2.75, 3.05) is 11.9 Å². The van der Waals surface area contributed by atoms with Gasteiger partial charge in [0.15, 0.2) is 0 Å². The van der Waals surface area contributed by atoms with E-state index in [1.807, 2.05) is 13.0 Å². The third-order valence-corrected chi connectivity index (χ3v) is 6.07. The first kappa shape index (κ1) is 28.0. The second kappa shape index (κ2) is 11.7. The Kier molecular flexibility index (Phi) is 8.85. The van der Waals surface area contributed by atoms with Crippen molar-refractivity contribution in [3.63, 3.8) is 0 Å². The van der Waals surface area contributed by atoms with Crippen LogP contribution < -0.4 is 10.6 Å². The smallest absolute Gasteiger partial charge is 0.408 e. The number of aryl methyl sites for hydroxylation is 1. The van der Waals surface area contributed by atoms with Gasteiger partial charge in [0, 0.05) is 11.6 Å². The van der Waals surface area contributed by atoms with Crippen LogP contribution in [-0.4, -0.2) is 52.2 Å². The number of terminal acetylenes is 1. The number of aliphatic hydroxyl groups excluding tert-OH is 1. The average Bonchev–Trinajstić information content (AvgIpc) is 3.67. The van der Waals surface area contributed by atoms with Crippen molar-refractivity contribution in [3.8, 4) is 12.3 Å². The third-order valence-electron chi connectivity index (χ3n) is 5.76. The Hall–Kier alpha value is -3.54. The minimum Gasteiger partial charge on any atom is -0.444 e. The maximum absolute atomic E-state index is 13.8. The minimum absolute atomic E-state index is 0.252. The zero-order chi connectivity index (χ0) is 27.3. The number of carbonyl (C=O) groups excluding carboxylic acids is 3. The number of para-hydroxylation sites is 1. The Morgan fingerprint density at radius 1 is 1.19 bits per heavy atom. The van der Waals surface area contributed by atoms with Crippen molar-refractivity contribution < 1.29 is 24.2 Å². The van der Waals surface area contributed by atoms with Crippen LogP contribution in [0.5, 0.6) is 0 Å². The van der Waals surface area contributed by atoms with E-state index >= 15 is 0 Å². The van der Waals surface area contributed by atoms with Crippen molar-refractivity contribution in [2.45, 2.75) is 64.3 Å². The van der Waals surface area contributed by atoms with Gasteiger partial charge in [-0.1, -0.05) is 41.8 Å². The number of nitrogens with zero attached hydrogens (tertiary/aromatic N) is 1. The molecule has 0 spiro atoms. The van der Waals surface area contributed by atoms with Gasteiger partial charge in [-0.05, 0) is 69.9 Å². The molecule has 1 aliphatic carbocycles. The molecule has 196 valence electrons. The van der Waals surface area contributed by atoms with Gasteiger partial charge in [0.1, 0.15) is 17.7 Å². The fraction of sp³-hybridized carbons (Fsp3) is 0.393. The van der Waals surface area contributed by atoms with E-state index in [1.54, 1.807) is 57.2 Å². The van der Waals surface area contributed by atoms with Gasteiger partial charge < -0.3 is 25.4 Å². The maximum atomic E-state index is 13.8. The standard InChI is InChI=1S/C28H32ClN3O5/c1-6-18-10-12-19(13-11-18)24(25(34)31-23-17(2)8-7-9-21(23)29)32(20-14-15-20)26(35)22(16-33)30-27(36)37-28(3,4)5/h1,7-13,20,22,24,33H,14-16H2,2-5H3,(H,30,36)(H,31,34). The summed E-state index contributed by atoms with van der Waals surface area (Å²) in [7, 11) is 0. The number of ether oxygens (including phenoxy) is 1. The van der Waals surface area contributed by atoms with Crippen LogP contribution >= 0.6 is 11.6 Å². The molecule has 2 atom stereocenters. The van der Waals surface area contributed by atoms with E-state index in [2.05, 4.69) is 16.6 Å². The summed E-state index contributed by atoms with van der Waals surface area (Å²) in [6.45, 7) is 6.21. The van der Waals surface area contributed by atoms with Crippen LogP contribution in [-0.2, 0) is 14.3 Å². The predicted octanol–water partition coefficient (Wildman–Crippen LogP) is 4.19. The molecule has 0 aliphatic heterocycles. The van der Waals surface area contributed by atoms with Crippen molar-refractivity contribution >= 4 is 35.2 Å². The molecule has 3 N–H and O–H groups in total. The molecule has 0 aromatic heterocycles. The molecule has 0 radical (unpaired) electrons. The highest BCUT2D eigenvalue weighted by atomic mass is 35.5. The molecule has 2 unspecified atom stereocenters. The molecule has 9 heteroatoms. The molecule has 0 saturated heterocycles. The Labute approximate surface area is 222 Å². The lowest BCUT2D eigenvalue weighted by molar-refractivity contribution is -0.142. The molecule has 3 amide bonds. The average molecular weight is 526 g/mol. The largest absolute Gasteiger partial charge is 0.444 e. The van der Waals surface area contributed by atoms with Crippen LogP contribution in [0.1, 0.15) is 56.3 Å². The lowest BCUT2D eigenvalue weighted by Gasteiger charge is -2.34. The number of hydrogen-bond donors (Lipinski definition) is 3. The lowest BCUT2D eigenvalue weighted by atomic mass is 10.0. The van der Waals surface area contributed by atoms with Crippen molar-refractivity contribution in [3.05, 3.63) is 64.2 Å². The fourth-order valence-electron chi connectivity index (χ4n) is 3.87. The van der Waals surface area contributed by atoms with Crippen molar-refractivity contribution in [1.82, 2.24) is 10.2 Å². The van der Waals surface area contributed by atoms with Gasteiger partial charge in [-0.3, -0.25) is 9.59 Å². The van der Waals surface area contributed by atoms with Crippen molar-refractivity contribution in [1.29, 1.82) is 0 Å². The van der Waals surface area contributed by atoms with Crippen LogP contribution in [0.15, 0.2) is 42.5 Å². The molecule has 0 bridgehead atoms. The van der Waals surface area contributed by atoms with Crippen LogP contribution in [0.25, 0.3) is 0 Å². The zero-order valence-corrected chi connectivity index (χ0v) is 22.1. The van der Waals surface area contributed by atoms with Crippen LogP contribution in [0, 0.1) is 19.3 Å². The normalized spacial score (nSPS) is 14.6. The van der Waals surface area contributed by atoms with Gasteiger partial charge in [-0.15, -0.1) is 6.42 Å². The quantitative estimate of drug-likeness (QED) is 0.448. The summed E-state index contributed by atoms with van der Waals surface area (Å²) < 4.78 is 5.25. The first-order chi connectivity index (χ1) is 17.4. The number of nitrogens with one attached hydrogen (secondary N) is 2. The molecule has 1 saturated carbocycles. The van der Waals surface area contributed by atoms with Crippen LogP contribution in [0.4, 0.5) is 10.5 Å². The Morgan fingerprint density at radius 2 is 1.84 bits per heavy atom. The summed E-state index contributed by atoms with van der Waals surface area (Å²) in [6, 6.07) is 9.38. The summed E-state index contributed by atoms with van der Waals surface area (Å²) in [4.78, 5) is 41.3. The number of anilines is 1. The van der Waals surface area contributed by atoms with E-state index in [0.29, 0.717) is 34.7 Å². The Morgan fingerprint density at radius 3 is 2.35 bits per heavy atom. The van der Waals surface area contributed by atoms with Gasteiger partial charge in [-0.25, -0.2) is 4.79 Å². The summed E-state index contributed by atoms with van der Waals surface area (Å²) in [5.74, 6) is 1.45. The van der Waals surface area contributed by atoms with Gasteiger partial charge in [0.05, 0.1) is 17.3 Å². The number of carbonyl (C=O) groups is 3. The first-order valence-corrected chi connectivity index (χ1v) is 12.4. The monoisotopic (exact) mass is 525 g/mol. The number of halogens is 1. The van der Waals surface area contributed by atoms with Gasteiger partial charge in [0.2, 0.25) is 5.91 Å². The maximum Gasteiger partial charge on any atom is 0.408 e. The summed E-state index contributed by atoms with van der Waals surface area (Å²) in [5, 5.41) is 15.7. The van der Waals surface area contributed by atoms with E-state index in [-0.39, 0.29) is 6.04 Å². The molecule has 1 aliphatic rings. The second-order valence-electron chi connectivity index (χ2n) is 9.95. The number of rotatable bonds is 8. The van der Waals surface area contributed by atoms with E-state index in [1.165, 1.54) is 4.90 Å². The van der Waals surface area contributed by atoms with Crippen molar-refractivity contribution in [2.24, 2.45) is 0 Å². The minimum atomic E-state index is -1.31. The molecule has 3 rings (SSSR count). The first-order valence-electron chi connectivity index (χ1n) is 12.0. The molecule has 8 nitrogen and oxygen atoms in total. The SMILES string of the molecule is C#Cc1ccc(C(C(=O)Nc2c(C)cccc2Cl)N(C(=O)C(CO)NC(=O)OC(C)(C)C)C2CC2)cc1. The molecule has 2 aromatic rings. The van der Waals surface area contributed by atoms with Gasteiger partial charge in [0.25, 0.3) is 5.91 Å². The molecular formula is C28H32ClN3O5. The number of aliphatic hydroxyl groups is 1. The number of alkyl carbamates (subject to hydrolysis) is 1. The molecular weight excluding hydrogens is 494 g/mol. The molecule has 37 heavy (non-hydrogen) atoms. The highest BCUT2D eigenvalue weighted by Crippen LogP contribution is 2.37. The Balaban J connectivity index is 1.99. The molecule has 0 heterocycles. The molecule has 2 aromatic carbocycles.